The SMILES string of the molecule is COCCN(Cc1ccco1)C(=O)CCS(=O)(=O)c1ccc(C)cc1. The highest BCUT2D eigenvalue weighted by Crippen LogP contribution is 2.14. The molecule has 25 heavy (non-hydrogen) atoms. The second kappa shape index (κ2) is 8.82. The molecule has 0 N–H and O–H groups in total. The van der Waals surface area contributed by atoms with Crippen LogP contribution in [0.2, 0.25) is 0 Å². The Morgan fingerprint density at radius 2 is 1.92 bits per heavy atom. The average Bonchev–Trinajstić information content (AvgIpc) is 3.10. The van der Waals surface area contributed by atoms with E-state index in [9.17, 15) is 13.2 Å². The van der Waals surface area contributed by atoms with Crippen LogP contribution in [0.4, 0.5) is 0 Å². The zero-order valence-electron chi connectivity index (χ0n) is 14.5. The summed E-state index contributed by atoms with van der Waals surface area (Å²) in [6.07, 6.45) is 1.46. The van der Waals surface area contributed by atoms with E-state index < -0.39 is 9.84 Å². The van der Waals surface area contributed by atoms with Gasteiger partial charge in [-0.25, -0.2) is 8.42 Å². The van der Waals surface area contributed by atoms with Gasteiger partial charge in [-0.05, 0) is 31.2 Å². The first kappa shape index (κ1) is 19.2. The molecule has 2 aromatic rings. The first-order valence-electron chi connectivity index (χ1n) is 8.01. The van der Waals surface area contributed by atoms with Crippen molar-refractivity contribution in [3.05, 3.63) is 54.0 Å². The highest BCUT2D eigenvalue weighted by atomic mass is 32.2. The quantitative estimate of drug-likeness (QED) is 0.682. The number of amides is 1. The number of hydrogen-bond acceptors (Lipinski definition) is 5. The Morgan fingerprint density at radius 1 is 1.20 bits per heavy atom. The number of carbonyl (C=O) groups is 1. The predicted octanol–water partition coefficient (Wildman–Crippen LogP) is 2.43. The molecule has 0 atom stereocenters. The summed E-state index contributed by atoms with van der Waals surface area (Å²) >= 11 is 0. The predicted molar refractivity (Wildman–Crippen MR) is 93.8 cm³/mol. The fourth-order valence-electron chi connectivity index (χ4n) is 2.33. The third-order valence-corrected chi connectivity index (χ3v) is 5.54. The summed E-state index contributed by atoms with van der Waals surface area (Å²) in [5.74, 6) is 0.172. The van der Waals surface area contributed by atoms with Crippen molar-refractivity contribution in [3.8, 4) is 0 Å². The molecule has 7 heteroatoms. The minimum absolute atomic E-state index is 0.0827. The molecule has 0 aliphatic carbocycles. The van der Waals surface area contributed by atoms with Gasteiger partial charge in [-0.3, -0.25) is 4.79 Å². The van der Waals surface area contributed by atoms with Crippen molar-refractivity contribution in [2.45, 2.75) is 24.8 Å². The summed E-state index contributed by atoms with van der Waals surface area (Å²) in [7, 11) is -1.94. The molecule has 0 aliphatic heterocycles. The van der Waals surface area contributed by atoms with Crippen molar-refractivity contribution < 1.29 is 22.4 Å². The highest BCUT2D eigenvalue weighted by molar-refractivity contribution is 7.91. The monoisotopic (exact) mass is 365 g/mol. The van der Waals surface area contributed by atoms with Crippen LogP contribution >= 0.6 is 0 Å². The molecule has 1 aromatic carbocycles. The normalized spacial score (nSPS) is 11.4. The molecule has 2 rings (SSSR count). The molecule has 0 saturated carbocycles. The van der Waals surface area contributed by atoms with Crippen LogP contribution in [-0.2, 0) is 25.9 Å². The van der Waals surface area contributed by atoms with Gasteiger partial charge in [0.15, 0.2) is 9.84 Å². The maximum absolute atomic E-state index is 12.5. The number of aryl methyl sites for hydroxylation is 1. The molecular weight excluding hydrogens is 342 g/mol. The number of methoxy groups -OCH3 is 1. The van der Waals surface area contributed by atoms with Crippen molar-refractivity contribution in [3.63, 3.8) is 0 Å². The summed E-state index contributed by atoms with van der Waals surface area (Å²) in [5, 5.41) is 0. The molecule has 0 aliphatic rings. The van der Waals surface area contributed by atoms with E-state index in [0.29, 0.717) is 25.5 Å². The van der Waals surface area contributed by atoms with Crippen molar-refractivity contribution in [2.24, 2.45) is 0 Å². The van der Waals surface area contributed by atoms with Crippen molar-refractivity contribution >= 4 is 15.7 Å². The van der Waals surface area contributed by atoms with Crippen molar-refractivity contribution in [1.82, 2.24) is 4.90 Å². The highest BCUT2D eigenvalue weighted by Gasteiger charge is 2.20. The average molecular weight is 365 g/mol. The van der Waals surface area contributed by atoms with Gasteiger partial charge in [0.1, 0.15) is 5.76 Å². The van der Waals surface area contributed by atoms with Gasteiger partial charge in [0.2, 0.25) is 5.91 Å². The Balaban J connectivity index is 2.00. The second-order valence-electron chi connectivity index (χ2n) is 5.77. The second-order valence-corrected chi connectivity index (χ2v) is 7.88. The van der Waals surface area contributed by atoms with Gasteiger partial charge in [-0.15, -0.1) is 0 Å². The molecule has 6 nitrogen and oxygen atoms in total. The van der Waals surface area contributed by atoms with E-state index in [4.69, 9.17) is 9.15 Å². The van der Waals surface area contributed by atoms with Crippen LogP contribution in [0.15, 0.2) is 52.0 Å². The molecule has 0 bridgehead atoms. The molecule has 1 amide bonds. The number of furan rings is 1. The number of benzene rings is 1. The molecule has 0 saturated heterocycles. The number of hydrogen-bond donors (Lipinski definition) is 0. The van der Waals surface area contributed by atoms with Gasteiger partial charge in [-0.1, -0.05) is 17.7 Å². The molecule has 0 unspecified atom stereocenters. The molecular formula is C18H23NO5S. The van der Waals surface area contributed by atoms with Crippen LogP contribution in [0.5, 0.6) is 0 Å². The maximum Gasteiger partial charge on any atom is 0.224 e. The topological polar surface area (TPSA) is 76.8 Å². The number of carbonyl (C=O) groups excluding carboxylic acids is 1. The lowest BCUT2D eigenvalue weighted by Gasteiger charge is -2.21. The Hall–Kier alpha value is -2.12. The van der Waals surface area contributed by atoms with Crippen molar-refractivity contribution in [2.75, 3.05) is 26.0 Å². The number of rotatable bonds is 9. The zero-order chi connectivity index (χ0) is 18.3. The Kier molecular flexibility index (Phi) is 6.78. The van der Waals surface area contributed by atoms with E-state index in [0.717, 1.165) is 5.56 Å². The van der Waals surface area contributed by atoms with E-state index in [1.807, 2.05) is 6.92 Å². The van der Waals surface area contributed by atoms with Crippen molar-refractivity contribution in [1.29, 1.82) is 0 Å². The zero-order valence-corrected chi connectivity index (χ0v) is 15.3. The van der Waals surface area contributed by atoms with E-state index in [1.54, 1.807) is 48.4 Å². The van der Waals surface area contributed by atoms with Crippen LogP contribution in [0, 0.1) is 6.92 Å². The summed E-state index contributed by atoms with van der Waals surface area (Å²) in [4.78, 5) is 14.3. The molecule has 0 fully saturated rings. The molecule has 0 spiro atoms. The van der Waals surface area contributed by atoms with Crippen LogP contribution in [0.1, 0.15) is 17.7 Å². The molecule has 136 valence electrons. The fourth-order valence-corrected chi connectivity index (χ4v) is 3.56. The number of sulfone groups is 1. The third-order valence-electron chi connectivity index (χ3n) is 3.81. The van der Waals surface area contributed by atoms with Crippen LogP contribution < -0.4 is 0 Å². The minimum Gasteiger partial charge on any atom is -0.467 e. The molecule has 1 heterocycles. The first-order chi connectivity index (χ1) is 11.9. The summed E-state index contributed by atoms with van der Waals surface area (Å²) < 4.78 is 35.1. The van der Waals surface area contributed by atoms with E-state index in [1.165, 1.54) is 6.26 Å². The molecule has 1 aromatic heterocycles. The summed E-state index contributed by atoms with van der Waals surface area (Å²) in [5.41, 5.74) is 0.985. The van der Waals surface area contributed by atoms with Crippen LogP contribution in [0.3, 0.4) is 0 Å². The number of nitrogens with zero attached hydrogens (tertiary/aromatic N) is 1. The molecule has 0 radical (unpaired) electrons. The van der Waals surface area contributed by atoms with Gasteiger partial charge in [0.25, 0.3) is 0 Å². The standard InChI is InChI=1S/C18H23NO5S/c1-15-5-7-17(8-6-15)25(21,22)13-9-18(20)19(10-12-23-2)14-16-4-3-11-24-16/h3-8,11H,9-10,12-14H2,1-2H3. The van der Waals surface area contributed by atoms with E-state index in [2.05, 4.69) is 0 Å². The van der Waals surface area contributed by atoms with Gasteiger partial charge in [0, 0.05) is 20.1 Å². The lowest BCUT2D eigenvalue weighted by Crippen LogP contribution is -2.34. The summed E-state index contributed by atoms with van der Waals surface area (Å²) in [6, 6.07) is 10.2. The smallest absolute Gasteiger partial charge is 0.224 e. The van der Waals surface area contributed by atoms with Gasteiger partial charge in [0.05, 0.1) is 30.1 Å². The van der Waals surface area contributed by atoms with E-state index >= 15 is 0 Å². The first-order valence-corrected chi connectivity index (χ1v) is 9.66. The van der Waals surface area contributed by atoms with Gasteiger partial charge < -0.3 is 14.1 Å². The maximum atomic E-state index is 12.5. The Labute approximate surface area is 148 Å². The fraction of sp³-hybridized carbons (Fsp3) is 0.389. The van der Waals surface area contributed by atoms with Crippen LogP contribution in [0.25, 0.3) is 0 Å². The largest absolute Gasteiger partial charge is 0.467 e. The summed E-state index contributed by atoms with van der Waals surface area (Å²) in [6.45, 7) is 2.93. The third kappa shape index (κ3) is 5.72. The van der Waals surface area contributed by atoms with Crippen LogP contribution in [-0.4, -0.2) is 45.2 Å². The Morgan fingerprint density at radius 3 is 2.52 bits per heavy atom. The van der Waals surface area contributed by atoms with E-state index in [-0.39, 0.29) is 23.0 Å². The lowest BCUT2D eigenvalue weighted by molar-refractivity contribution is -0.132. The Bertz CT molecular complexity index is 766. The van der Waals surface area contributed by atoms with Gasteiger partial charge in [-0.2, -0.15) is 0 Å². The van der Waals surface area contributed by atoms with Gasteiger partial charge >= 0.3 is 0 Å². The lowest BCUT2D eigenvalue weighted by atomic mass is 10.2. The number of ether oxygens (including phenoxy) is 1. The minimum atomic E-state index is -3.49.